The first kappa shape index (κ1) is 12.9. The zero-order valence-electron chi connectivity index (χ0n) is 11.0. The first-order valence-corrected chi connectivity index (χ1v) is 6.19. The van der Waals surface area contributed by atoms with Gasteiger partial charge in [0.1, 0.15) is 5.82 Å². The summed E-state index contributed by atoms with van der Waals surface area (Å²) < 4.78 is 1.91. The van der Waals surface area contributed by atoms with Crippen LogP contribution in [0.15, 0.2) is 12.4 Å². The number of urea groups is 1. The molecule has 2 amide bonds. The zero-order chi connectivity index (χ0) is 13.3. The smallest absolute Gasteiger partial charge is 0.318 e. The van der Waals surface area contributed by atoms with Crippen molar-refractivity contribution in [3.8, 4) is 0 Å². The van der Waals surface area contributed by atoms with Crippen LogP contribution in [0.5, 0.6) is 0 Å². The van der Waals surface area contributed by atoms with Gasteiger partial charge in [0, 0.05) is 19.4 Å². The molecule has 2 N–H and O–H groups in total. The minimum Gasteiger partial charge on any atom is -0.389 e. The fourth-order valence-electron chi connectivity index (χ4n) is 2.05. The van der Waals surface area contributed by atoms with Crippen molar-refractivity contribution < 1.29 is 9.90 Å². The van der Waals surface area contributed by atoms with E-state index in [0.717, 1.165) is 5.82 Å². The lowest BCUT2D eigenvalue weighted by atomic mass is 10.0. The van der Waals surface area contributed by atoms with Gasteiger partial charge in [-0.05, 0) is 5.92 Å². The SMILES string of the molecule is CC(C)[C@@H](NC(=O)N1CC(O)C1)c1nccn1C. The first-order chi connectivity index (χ1) is 8.49. The summed E-state index contributed by atoms with van der Waals surface area (Å²) in [6.07, 6.45) is 3.22. The highest BCUT2D eigenvalue weighted by Gasteiger charge is 2.31. The van der Waals surface area contributed by atoms with Crippen LogP contribution in [0.1, 0.15) is 25.7 Å². The highest BCUT2D eigenvalue weighted by atomic mass is 16.3. The molecule has 2 heterocycles. The number of hydrogen-bond acceptors (Lipinski definition) is 3. The number of nitrogens with one attached hydrogen (secondary N) is 1. The number of aliphatic hydroxyl groups is 1. The van der Waals surface area contributed by atoms with Crippen LogP contribution in [-0.4, -0.2) is 44.8 Å². The van der Waals surface area contributed by atoms with Gasteiger partial charge in [0.15, 0.2) is 0 Å². The maximum absolute atomic E-state index is 12.0. The topological polar surface area (TPSA) is 70.4 Å². The fourth-order valence-corrected chi connectivity index (χ4v) is 2.05. The van der Waals surface area contributed by atoms with Crippen molar-refractivity contribution >= 4 is 6.03 Å². The van der Waals surface area contributed by atoms with Crippen LogP contribution >= 0.6 is 0 Å². The number of likely N-dealkylation sites (tertiary alicyclic amines) is 1. The number of rotatable bonds is 3. The zero-order valence-corrected chi connectivity index (χ0v) is 11.0. The average molecular weight is 252 g/mol. The van der Waals surface area contributed by atoms with E-state index in [1.54, 1.807) is 11.1 Å². The molecule has 1 aliphatic rings. The van der Waals surface area contributed by atoms with Crippen LogP contribution in [0.4, 0.5) is 4.79 Å². The number of imidazole rings is 1. The van der Waals surface area contributed by atoms with Crippen molar-refractivity contribution in [2.75, 3.05) is 13.1 Å². The van der Waals surface area contributed by atoms with E-state index < -0.39 is 0 Å². The molecule has 0 unspecified atom stereocenters. The number of β-amino-alcohol motifs (C(OH)–C–C–N with tert-alkyl or cyclic N) is 1. The van der Waals surface area contributed by atoms with Gasteiger partial charge in [0.2, 0.25) is 0 Å². The van der Waals surface area contributed by atoms with Crippen LogP contribution < -0.4 is 5.32 Å². The molecular weight excluding hydrogens is 232 g/mol. The minimum absolute atomic E-state index is 0.116. The Labute approximate surface area is 107 Å². The average Bonchev–Trinajstić information content (AvgIpc) is 2.67. The molecule has 1 fully saturated rings. The second-order valence-corrected chi connectivity index (χ2v) is 5.13. The van der Waals surface area contributed by atoms with Gasteiger partial charge in [-0.1, -0.05) is 13.8 Å². The lowest BCUT2D eigenvalue weighted by Gasteiger charge is -2.37. The van der Waals surface area contributed by atoms with Crippen molar-refractivity contribution in [3.63, 3.8) is 0 Å². The van der Waals surface area contributed by atoms with Crippen LogP contribution in [0, 0.1) is 5.92 Å². The molecule has 6 heteroatoms. The molecule has 0 aliphatic carbocycles. The molecule has 1 aromatic rings. The summed E-state index contributed by atoms with van der Waals surface area (Å²) in [4.78, 5) is 17.8. The predicted molar refractivity (Wildman–Crippen MR) is 66.9 cm³/mol. The first-order valence-electron chi connectivity index (χ1n) is 6.19. The van der Waals surface area contributed by atoms with Gasteiger partial charge in [-0.2, -0.15) is 0 Å². The van der Waals surface area contributed by atoms with Gasteiger partial charge < -0.3 is 19.9 Å². The molecule has 0 bridgehead atoms. The molecule has 18 heavy (non-hydrogen) atoms. The van der Waals surface area contributed by atoms with Crippen molar-refractivity contribution in [1.82, 2.24) is 19.8 Å². The van der Waals surface area contributed by atoms with E-state index in [-0.39, 0.29) is 24.1 Å². The number of aromatic nitrogens is 2. The van der Waals surface area contributed by atoms with Gasteiger partial charge in [-0.3, -0.25) is 0 Å². The number of hydrogen-bond donors (Lipinski definition) is 2. The normalized spacial score (nSPS) is 17.7. The van der Waals surface area contributed by atoms with Gasteiger partial charge in [0.05, 0.1) is 25.2 Å². The number of nitrogens with zero attached hydrogens (tertiary/aromatic N) is 3. The summed E-state index contributed by atoms with van der Waals surface area (Å²) in [5.41, 5.74) is 0. The molecule has 0 spiro atoms. The van der Waals surface area contributed by atoms with E-state index in [1.165, 1.54) is 0 Å². The maximum Gasteiger partial charge on any atom is 0.318 e. The second kappa shape index (κ2) is 4.97. The van der Waals surface area contributed by atoms with Gasteiger partial charge in [-0.25, -0.2) is 9.78 Å². The second-order valence-electron chi connectivity index (χ2n) is 5.13. The van der Waals surface area contributed by atoms with Crippen molar-refractivity contribution in [2.45, 2.75) is 26.0 Å². The summed E-state index contributed by atoms with van der Waals surface area (Å²) in [7, 11) is 1.91. The quantitative estimate of drug-likeness (QED) is 0.823. The summed E-state index contributed by atoms with van der Waals surface area (Å²) in [5.74, 6) is 1.10. The molecule has 0 radical (unpaired) electrons. The largest absolute Gasteiger partial charge is 0.389 e. The van der Waals surface area contributed by atoms with E-state index in [2.05, 4.69) is 10.3 Å². The Morgan fingerprint density at radius 3 is 2.67 bits per heavy atom. The van der Waals surface area contributed by atoms with E-state index >= 15 is 0 Å². The number of aryl methyl sites for hydroxylation is 1. The van der Waals surface area contributed by atoms with Crippen LogP contribution in [0.25, 0.3) is 0 Å². The van der Waals surface area contributed by atoms with E-state index in [9.17, 15) is 9.90 Å². The Balaban J connectivity index is 2.03. The number of carbonyl (C=O) groups excluding carboxylic acids is 1. The van der Waals surface area contributed by atoms with Gasteiger partial charge in [-0.15, -0.1) is 0 Å². The molecule has 1 atom stereocenters. The molecule has 1 aromatic heterocycles. The third-order valence-electron chi connectivity index (χ3n) is 3.23. The summed E-state index contributed by atoms with van der Waals surface area (Å²) >= 11 is 0. The Morgan fingerprint density at radius 2 is 2.22 bits per heavy atom. The summed E-state index contributed by atoms with van der Waals surface area (Å²) in [5, 5.41) is 12.2. The van der Waals surface area contributed by atoms with Gasteiger partial charge >= 0.3 is 6.03 Å². The monoisotopic (exact) mass is 252 g/mol. The van der Waals surface area contributed by atoms with Crippen molar-refractivity contribution in [3.05, 3.63) is 18.2 Å². The van der Waals surface area contributed by atoms with Crippen molar-refractivity contribution in [2.24, 2.45) is 13.0 Å². The minimum atomic E-state index is -0.374. The standard InChI is InChI=1S/C12H20N4O2/c1-8(2)10(11-13-4-5-15(11)3)14-12(18)16-6-9(17)7-16/h4-5,8-10,17H,6-7H2,1-3H3,(H,14,18)/t10-/m1/s1. The summed E-state index contributed by atoms with van der Waals surface area (Å²) in [6.45, 7) is 4.92. The number of aliphatic hydroxyl groups excluding tert-OH is 1. The van der Waals surface area contributed by atoms with Crippen LogP contribution in [0.2, 0.25) is 0 Å². The molecule has 100 valence electrons. The van der Waals surface area contributed by atoms with Crippen LogP contribution in [-0.2, 0) is 7.05 Å². The molecule has 1 aliphatic heterocycles. The summed E-state index contributed by atoms with van der Waals surface area (Å²) in [6, 6.07) is -0.253. The van der Waals surface area contributed by atoms with E-state index in [1.807, 2.05) is 31.7 Å². The molecular formula is C12H20N4O2. The Hall–Kier alpha value is -1.56. The van der Waals surface area contributed by atoms with Gasteiger partial charge in [0.25, 0.3) is 0 Å². The maximum atomic E-state index is 12.0. The Morgan fingerprint density at radius 1 is 1.56 bits per heavy atom. The van der Waals surface area contributed by atoms with Crippen LogP contribution in [0.3, 0.4) is 0 Å². The van der Waals surface area contributed by atoms with E-state index in [0.29, 0.717) is 13.1 Å². The number of amides is 2. The number of carbonyl (C=O) groups is 1. The lowest BCUT2D eigenvalue weighted by molar-refractivity contribution is 0.0251. The third kappa shape index (κ3) is 2.48. The molecule has 6 nitrogen and oxygen atoms in total. The van der Waals surface area contributed by atoms with E-state index in [4.69, 9.17) is 0 Å². The highest BCUT2D eigenvalue weighted by Crippen LogP contribution is 2.20. The Kier molecular flexibility index (Phi) is 3.56. The lowest BCUT2D eigenvalue weighted by Crippen LogP contribution is -2.57. The predicted octanol–water partition coefficient (Wildman–Crippen LogP) is 0.503. The third-order valence-corrected chi connectivity index (χ3v) is 3.23. The molecule has 1 saturated heterocycles. The molecule has 0 aromatic carbocycles. The molecule has 0 saturated carbocycles. The molecule has 2 rings (SSSR count). The fraction of sp³-hybridized carbons (Fsp3) is 0.667. The highest BCUT2D eigenvalue weighted by molar-refractivity contribution is 5.75. The Bertz CT molecular complexity index is 423. The van der Waals surface area contributed by atoms with Crippen molar-refractivity contribution in [1.29, 1.82) is 0 Å².